The van der Waals surface area contributed by atoms with Crippen LogP contribution < -0.4 is 5.32 Å². The van der Waals surface area contributed by atoms with E-state index in [0.717, 1.165) is 31.0 Å². The van der Waals surface area contributed by atoms with Crippen LogP contribution in [-0.4, -0.2) is 54.2 Å². The Morgan fingerprint density at radius 2 is 1.95 bits per heavy atom. The summed E-state index contributed by atoms with van der Waals surface area (Å²) in [4.78, 5) is 4.85. The van der Waals surface area contributed by atoms with Gasteiger partial charge in [0.25, 0.3) is 0 Å². The third kappa shape index (κ3) is 5.25. The lowest BCUT2D eigenvalue weighted by Crippen LogP contribution is -2.50. The minimum Gasteiger partial charge on any atom is -0.363 e. The predicted molar refractivity (Wildman–Crippen MR) is 98.3 cm³/mol. The Bertz CT molecular complexity index is 441. The van der Waals surface area contributed by atoms with E-state index in [4.69, 9.17) is 12.2 Å². The molecule has 0 aliphatic carbocycles. The first kappa shape index (κ1) is 17.2. The maximum absolute atomic E-state index is 5.67. The third-order valence-corrected chi connectivity index (χ3v) is 4.78. The summed E-state index contributed by atoms with van der Waals surface area (Å²) in [6, 6.07) is 11.3. The summed E-state index contributed by atoms with van der Waals surface area (Å²) in [6.45, 7) is 6.49. The van der Waals surface area contributed by atoms with Crippen LogP contribution in [0.15, 0.2) is 30.3 Å². The molecule has 1 aromatic rings. The van der Waals surface area contributed by atoms with Crippen LogP contribution >= 0.6 is 12.2 Å². The fraction of sp³-hybridized carbons (Fsp3) is 0.611. The molecule has 1 aromatic carbocycles. The van der Waals surface area contributed by atoms with Crippen molar-refractivity contribution in [2.75, 3.05) is 33.2 Å². The molecule has 2 rings (SSSR count). The second kappa shape index (κ2) is 9.11. The zero-order chi connectivity index (χ0) is 15.8. The van der Waals surface area contributed by atoms with Gasteiger partial charge in [-0.2, -0.15) is 0 Å². The van der Waals surface area contributed by atoms with Gasteiger partial charge < -0.3 is 15.1 Å². The number of rotatable bonds is 6. The van der Waals surface area contributed by atoms with Gasteiger partial charge >= 0.3 is 0 Å². The number of thiocarbonyl (C=S) groups is 1. The molecule has 0 atom stereocenters. The molecule has 1 saturated heterocycles. The van der Waals surface area contributed by atoms with Crippen molar-refractivity contribution in [3.05, 3.63) is 35.9 Å². The van der Waals surface area contributed by atoms with Crippen LogP contribution in [0.1, 0.15) is 31.7 Å². The van der Waals surface area contributed by atoms with Crippen LogP contribution in [0.5, 0.6) is 0 Å². The van der Waals surface area contributed by atoms with Gasteiger partial charge in [-0.25, -0.2) is 0 Å². The average molecular weight is 320 g/mol. The predicted octanol–water partition coefficient (Wildman–Crippen LogP) is 2.91. The summed E-state index contributed by atoms with van der Waals surface area (Å²) in [5.74, 6) is 0. The van der Waals surface area contributed by atoms with Crippen LogP contribution in [0, 0.1) is 0 Å². The molecule has 0 spiro atoms. The second-order valence-electron chi connectivity index (χ2n) is 6.20. The highest BCUT2D eigenvalue weighted by Gasteiger charge is 2.24. The SMILES string of the molecule is CCCNC(=S)N(CCc1ccccc1)C1CCN(C)CC1. The smallest absolute Gasteiger partial charge is 0.169 e. The Hall–Kier alpha value is -1.13. The maximum Gasteiger partial charge on any atom is 0.169 e. The lowest BCUT2D eigenvalue weighted by Gasteiger charge is -2.39. The van der Waals surface area contributed by atoms with E-state index in [1.165, 1.54) is 31.5 Å². The van der Waals surface area contributed by atoms with Gasteiger partial charge in [-0.15, -0.1) is 0 Å². The molecule has 3 nitrogen and oxygen atoms in total. The minimum absolute atomic E-state index is 0.580. The fourth-order valence-electron chi connectivity index (χ4n) is 2.98. The Morgan fingerprint density at radius 1 is 1.27 bits per heavy atom. The lowest BCUT2D eigenvalue weighted by atomic mass is 10.0. The Labute approximate surface area is 140 Å². The van der Waals surface area contributed by atoms with Crippen molar-refractivity contribution in [2.24, 2.45) is 0 Å². The van der Waals surface area contributed by atoms with E-state index < -0.39 is 0 Å². The van der Waals surface area contributed by atoms with E-state index in [1.807, 2.05) is 0 Å². The van der Waals surface area contributed by atoms with Gasteiger partial charge in [0.2, 0.25) is 0 Å². The zero-order valence-corrected chi connectivity index (χ0v) is 14.7. The average Bonchev–Trinajstić information content (AvgIpc) is 2.55. The topological polar surface area (TPSA) is 18.5 Å². The van der Waals surface area contributed by atoms with Crippen LogP contribution in [0.2, 0.25) is 0 Å². The van der Waals surface area contributed by atoms with Crippen LogP contribution in [0.4, 0.5) is 0 Å². The molecule has 0 saturated carbocycles. The Balaban J connectivity index is 1.96. The molecule has 0 amide bonds. The van der Waals surface area contributed by atoms with Gasteiger partial charge in [-0.1, -0.05) is 37.3 Å². The van der Waals surface area contributed by atoms with Crippen molar-refractivity contribution >= 4 is 17.3 Å². The van der Waals surface area contributed by atoms with E-state index in [9.17, 15) is 0 Å². The van der Waals surface area contributed by atoms with Crippen molar-refractivity contribution in [3.63, 3.8) is 0 Å². The molecule has 0 radical (unpaired) electrons. The third-order valence-electron chi connectivity index (χ3n) is 4.40. The molecule has 22 heavy (non-hydrogen) atoms. The molecule has 0 unspecified atom stereocenters. The van der Waals surface area contributed by atoms with E-state index in [1.54, 1.807) is 0 Å². The van der Waals surface area contributed by atoms with Gasteiger partial charge in [-0.3, -0.25) is 0 Å². The fourth-order valence-corrected chi connectivity index (χ4v) is 3.33. The van der Waals surface area contributed by atoms with Crippen LogP contribution in [0.3, 0.4) is 0 Å². The number of nitrogens with one attached hydrogen (secondary N) is 1. The highest BCUT2D eigenvalue weighted by Crippen LogP contribution is 2.17. The normalized spacial score (nSPS) is 16.5. The Kier molecular flexibility index (Phi) is 7.13. The quantitative estimate of drug-likeness (QED) is 0.812. The maximum atomic E-state index is 5.67. The molecule has 0 bridgehead atoms. The molecule has 4 heteroatoms. The molecule has 1 aliphatic heterocycles. The second-order valence-corrected chi connectivity index (χ2v) is 6.58. The van der Waals surface area contributed by atoms with Crippen molar-refractivity contribution in [2.45, 2.75) is 38.6 Å². The molecule has 0 aromatic heterocycles. The van der Waals surface area contributed by atoms with Gasteiger partial charge in [0, 0.05) is 19.1 Å². The first-order valence-electron chi connectivity index (χ1n) is 8.47. The summed E-state index contributed by atoms with van der Waals surface area (Å²) in [5, 5.41) is 4.36. The standard InChI is InChI=1S/C18H29N3S/c1-3-12-19-18(22)21(17-10-13-20(2)14-11-17)15-9-16-7-5-4-6-8-16/h4-8,17H,3,9-15H2,1-2H3,(H,19,22). The highest BCUT2D eigenvalue weighted by molar-refractivity contribution is 7.80. The zero-order valence-electron chi connectivity index (χ0n) is 13.9. The molecule has 1 aliphatic rings. The first-order valence-corrected chi connectivity index (χ1v) is 8.88. The molecular formula is C18H29N3S. The monoisotopic (exact) mass is 319 g/mol. The molecule has 122 valence electrons. The van der Waals surface area contributed by atoms with Crippen molar-refractivity contribution in [3.8, 4) is 0 Å². The number of hydrogen-bond donors (Lipinski definition) is 1. The van der Waals surface area contributed by atoms with Crippen LogP contribution in [0.25, 0.3) is 0 Å². The van der Waals surface area contributed by atoms with Gasteiger partial charge in [-0.05, 0) is 63.6 Å². The lowest BCUT2D eigenvalue weighted by molar-refractivity contribution is 0.175. The van der Waals surface area contributed by atoms with Crippen molar-refractivity contribution in [1.29, 1.82) is 0 Å². The van der Waals surface area contributed by atoms with Crippen LogP contribution in [-0.2, 0) is 6.42 Å². The summed E-state index contributed by atoms with van der Waals surface area (Å²) in [7, 11) is 2.21. The summed E-state index contributed by atoms with van der Waals surface area (Å²) < 4.78 is 0. The van der Waals surface area contributed by atoms with E-state index in [-0.39, 0.29) is 0 Å². The molecule has 1 fully saturated rings. The van der Waals surface area contributed by atoms with Crippen molar-refractivity contribution < 1.29 is 0 Å². The van der Waals surface area contributed by atoms with E-state index >= 15 is 0 Å². The van der Waals surface area contributed by atoms with Gasteiger partial charge in [0.15, 0.2) is 5.11 Å². The summed E-state index contributed by atoms with van der Waals surface area (Å²) in [5.41, 5.74) is 1.39. The minimum atomic E-state index is 0.580. The number of likely N-dealkylation sites (tertiary alicyclic amines) is 1. The molecule has 1 heterocycles. The number of piperidine rings is 1. The highest BCUT2D eigenvalue weighted by atomic mass is 32.1. The number of nitrogens with zero attached hydrogens (tertiary/aromatic N) is 2. The first-order chi connectivity index (χ1) is 10.7. The number of hydrogen-bond acceptors (Lipinski definition) is 2. The van der Waals surface area contributed by atoms with E-state index in [2.05, 4.69) is 59.4 Å². The largest absolute Gasteiger partial charge is 0.363 e. The van der Waals surface area contributed by atoms with E-state index in [0.29, 0.717) is 6.04 Å². The Morgan fingerprint density at radius 3 is 2.59 bits per heavy atom. The van der Waals surface area contributed by atoms with Gasteiger partial charge in [0.1, 0.15) is 0 Å². The molecule has 1 N–H and O–H groups in total. The van der Waals surface area contributed by atoms with Crippen molar-refractivity contribution in [1.82, 2.24) is 15.1 Å². The van der Waals surface area contributed by atoms with Gasteiger partial charge in [0.05, 0.1) is 0 Å². The summed E-state index contributed by atoms with van der Waals surface area (Å²) in [6.07, 6.45) is 4.58. The number of benzene rings is 1. The molecular weight excluding hydrogens is 290 g/mol. The summed E-state index contributed by atoms with van der Waals surface area (Å²) >= 11 is 5.67.